The molecule has 1 heterocycles. The molecule has 3 amide bonds. The fourth-order valence-electron chi connectivity index (χ4n) is 4.34. The fraction of sp³-hybridized carbons (Fsp3) is 0.320. The van der Waals surface area contributed by atoms with Crippen LogP contribution in [0.3, 0.4) is 0 Å². The number of fused-ring (bicyclic) bond motifs is 1. The maximum Gasteiger partial charge on any atom is 0.338 e. The van der Waals surface area contributed by atoms with Crippen molar-refractivity contribution in [2.24, 2.45) is 11.8 Å². The van der Waals surface area contributed by atoms with Crippen LogP contribution in [0.15, 0.2) is 48.5 Å². The molecule has 2 aromatic rings. The Morgan fingerprint density at radius 2 is 1.53 bits per heavy atom. The quantitative estimate of drug-likeness (QED) is 0.344. The van der Waals surface area contributed by atoms with Crippen molar-refractivity contribution in [3.63, 3.8) is 0 Å². The van der Waals surface area contributed by atoms with Crippen LogP contribution in [0.2, 0.25) is 0 Å². The van der Waals surface area contributed by atoms with Gasteiger partial charge in [0.05, 0.1) is 46.5 Å². The highest BCUT2D eigenvalue weighted by Gasteiger charge is 2.52. The largest absolute Gasteiger partial charge is 0.465 e. The second kappa shape index (κ2) is 10.7. The summed E-state index contributed by atoms with van der Waals surface area (Å²) < 4.78 is 9.70. The van der Waals surface area contributed by atoms with E-state index in [9.17, 15) is 24.0 Å². The Hall–Kier alpha value is -3.43. The number of nitrogens with zero attached hydrogens (tertiary/aromatic N) is 1. The van der Waals surface area contributed by atoms with Gasteiger partial charge in [-0.05, 0) is 55.3 Å². The first-order valence-corrected chi connectivity index (χ1v) is 12.0. The van der Waals surface area contributed by atoms with Crippen molar-refractivity contribution < 1.29 is 33.4 Å². The van der Waals surface area contributed by atoms with E-state index in [2.05, 4.69) is 10.1 Å². The molecule has 36 heavy (non-hydrogen) atoms. The zero-order chi connectivity index (χ0) is 26.0. The molecule has 2 aromatic carbocycles. The van der Waals surface area contributed by atoms with Crippen LogP contribution in [0.1, 0.15) is 33.6 Å². The standard InChI is InChI=1S/C25H22Cl2N2O7/c1-35-24(33)13-5-7-15(8-6-13)28-21(30)12-36-25(34)14-3-2-4-16(9-14)29-22(31)17-10-19(26)20(27)11-18(17)23(29)32/h2-9,17-20H,10-12H2,1H3,(H,28,30)/t17-,18-,19-,20+/m1/s1. The number of carbonyl (C=O) groups excluding carboxylic acids is 5. The Morgan fingerprint density at radius 1 is 0.917 bits per heavy atom. The summed E-state index contributed by atoms with van der Waals surface area (Å²) in [7, 11) is 1.26. The topological polar surface area (TPSA) is 119 Å². The molecule has 2 fully saturated rings. The molecule has 1 aliphatic carbocycles. The van der Waals surface area contributed by atoms with E-state index in [0.29, 0.717) is 24.1 Å². The molecule has 2 aliphatic rings. The molecule has 1 saturated heterocycles. The highest BCUT2D eigenvalue weighted by molar-refractivity contribution is 6.31. The van der Waals surface area contributed by atoms with Crippen LogP contribution >= 0.6 is 23.2 Å². The number of rotatable bonds is 6. The molecule has 4 atom stereocenters. The number of amides is 3. The highest BCUT2D eigenvalue weighted by atomic mass is 35.5. The van der Waals surface area contributed by atoms with Gasteiger partial charge in [-0.2, -0.15) is 0 Å². The molecule has 9 nitrogen and oxygen atoms in total. The number of methoxy groups -OCH3 is 1. The van der Waals surface area contributed by atoms with E-state index in [1.165, 1.54) is 49.6 Å². The minimum absolute atomic E-state index is 0.0728. The molecule has 11 heteroatoms. The summed E-state index contributed by atoms with van der Waals surface area (Å²) >= 11 is 12.4. The Labute approximate surface area is 216 Å². The average Bonchev–Trinajstić information content (AvgIpc) is 3.11. The van der Waals surface area contributed by atoms with Crippen molar-refractivity contribution in [1.29, 1.82) is 0 Å². The highest BCUT2D eigenvalue weighted by Crippen LogP contribution is 2.43. The van der Waals surface area contributed by atoms with Crippen LogP contribution < -0.4 is 10.2 Å². The number of ether oxygens (including phenoxy) is 2. The van der Waals surface area contributed by atoms with Gasteiger partial charge in [0.25, 0.3) is 5.91 Å². The van der Waals surface area contributed by atoms with E-state index < -0.39 is 47.0 Å². The third-order valence-corrected chi connectivity index (χ3v) is 7.27. The monoisotopic (exact) mass is 532 g/mol. The number of benzene rings is 2. The lowest BCUT2D eigenvalue weighted by Gasteiger charge is -2.28. The van der Waals surface area contributed by atoms with Gasteiger partial charge < -0.3 is 14.8 Å². The number of alkyl halides is 2. The number of carbonyl (C=O) groups is 5. The van der Waals surface area contributed by atoms with Crippen molar-refractivity contribution in [2.45, 2.75) is 23.6 Å². The second-order valence-corrected chi connectivity index (χ2v) is 9.59. The first kappa shape index (κ1) is 25.7. The van der Waals surface area contributed by atoms with Crippen molar-refractivity contribution >= 4 is 64.2 Å². The average molecular weight is 533 g/mol. The number of halogens is 2. The van der Waals surface area contributed by atoms with E-state index in [1.54, 1.807) is 6.07 Å². The third kappa shape index (κ3) is 5.22. The molecule has 0 unspecified atom stereocenters. The summed E-state index contributed by atoms with van der Waals surface area (Å²) in [5.41, 5.74) is 1.03. The summed E-state index contributed by atoms with van der Waals surface area (Å²) in [5, 5.41) is 1.75. The minimum atomic E-state index is -0.800. The summed E-state index contributed by atoms with van der Waals surface area (Å²) in [4.78, 5) is 63.2. The van der Waals surface area contributed by atoms with E-state index in [0.717, 1.165) is 4.90 Å². The zero-order valence-corrected chi connectivity index (χ0v) is 20.6. The fourth-order valence-corrected chi connectivity index (χ4v) is 4.93. The van der Waals surface area contributed by atoms with Gasteiger partial charge in [0.1, 0.15) is 0 Å². The van der Waals surface area contributed by atoms with Gasteiger partial charge in [0.2, 0.25) is 11.8 Å². The maximum atomic E-state index is 13.0. The molecule has 0 bridgehead atoms. The molecule has 188 valence electrons. The summed E-state index contributed by atoms with van der Waals surface area (Å²) in [6, 6.07) is 11.9. The Balaban J connectivity index is 1.38. The lowest BCUT2D eigenvalue weighted by molar-refractivity contribution is -0.122. The minimum Gasteiger partial charge on any atom is -0.465 e. The number of hydrogen-bond acceptors (Lipinski definition) is 7. The van der Waals surface area contributed by atoms with E-state index in [-0.39, 0.29) is 23.1 Å². The first-order chi connectivity index (χ1) is 17.2. The smallest absolute Gasteiger partial charge is 0.338 e. The molecular formula is C25H22Cl2N2O7. The van der Waals surface area contributed by atoms with Crippen molar-refractivity contribution in [3.8, 4) is 0 Å². The van der Waals surface area contributed by atoms with Crippen LogP contribution in [-0.4, -0.2) is 54.1 Å². The van der Waals surface area contributed by atoms with Gasteiger partial charge in [0, 0.05) is 5.69 Å². The van der Waals surface area contributed by atoms with Crippen molar-refractivity contribution in [1.82, 2.24) is 0 Å². The predicted octanol–water partition coefficient (Wildman–Crippen LogP) is 3.38. The van der Waals surface area contributed by atoms with Crippen molar-refractivity contribution in [3.05, 3.63) is 59.7 Å². The van der Waals surface area contributed by atoms with E-state index >= 15 is 0 Å². The predicted molar refractivity (Wildman–Crippen MR) is 131 cm³/mol. The van der Waals surface area contributed by atoms with E-state index in [1.807, 2.05) is 0 Å². The van der Waals surface area contributed by atoms with Crippen LogP contribution in [0.4, 0.5) is 11.4 Å². The molecule has 1 saturated carbocycles. The van der Waals surface area contributed by atoms with Gasteiger partial charge in [0.15, 0.2) is 6.61 Å². The van der Waals surface area contributed by atoms with Crippen LogP contribution in [-0.2, 0) is 23.9 Å². The second-order valence-electron chi connectivity index (χ2n) is 8.47. The van der Waals surface area contributed by atoms with Crippen LogP contribution in [0.25, 0.3) is 0 Å². The summed E-state index contributed by atoms with van der Waals surface area (Å²) in [6.45, 7) is -0.568. The third-order valence-electron chi connectivity index (χ3n) is 6.18. The van der Waals surface area contributed by atoms with E-state index in [4.69, 9.17) is 27.9 Å². The Bertz CT molecular complexity index is 1190. The zero-order valence-electron chi connectivity index (χ0n) is 19.1. The Kier molecular flexibility index (Phi) is 7.61. The van der Waals surface area contributed by atoms with Gasteiger partial charge in [-0.25, -0.2) is 9.59 Å². The molecule has 1 N–H and O–H groups in total. The lowest BCUT2D eigenvalue weighted by atomic mass is 9.80. The maximum absolute atomic E-state index is 13.0. The van der Waals surface area contributed by atoms with Gasteiger partial charge in [-0.3, -0.25) is 19.3 Å². The van der Waals surface area contributed by atoms with Gasteiger partial charge in [-0.1, -0.05) is 6.07 Å². The summed E-state index contributed by atoms with van der Waals surface area (Å²) in [6.07, 6.45) is 0.618. The number of imide groups is 1. The molecular weight excluding hydrogens is 511 g/mol. The van der Waals surface area contributed by atoms with Gasteiger partial charge in [-0.15, -0.1) is 23.2 Å². The number of hydrogen-bond donors (Lipinski definition) is 1. The van der Waals surface area contributed by atoms with Crippen molar-refractivity contribution in [2.75, 3.05) is 23.9 Å². The normalized spacial score (nSPS) is 23.1. The lowest BCUT2D eigenvalue weighted by Crippen LogP contribution is -2.34. The number of esters is 2. The molecule has 4 rings (SSSR count). The SMILES string of the molecule is COC(=O)c1ccc(NC(=O)COC(=O)c2cccc(N3C(=O)[C@@H]4C[C@@H](Cl)[C@@H](Cl)C[C@H]4C3=O)c2)cc1. The van der Waals surface area contributed by atoms with Crippen LogP contribution in [0.5, 0.6) is 0 Å². The molecule has 0 aromatic heterocycles. The number of nitrogens with one attached hydrogen (secondary N) is 1. The molecule has 0 radical (unpaired) electrons. The van der Waals surface area contributed by atoms with Gasteiger partial charge >= 0.3 is 11.9 Å². The Morgan fingerprint density at radius 3 is 2.11 bits per heavy atom. The first-order valence-electron chi connectivity index (χ1n) is 11.1. The summed E-state index contributed by atoms with van der Waals surface area (Å²) in [5.74, 6) is -3.74. The van der Waals surface area contributed by atoms with Crippen LogP contribution in [0, 0.1) is 11.8 Å². The number of anilines is 2. The molecule has 1 aliphatic heterocycles. The molecule has 0 spiro atoms.